The Hall–Kier alpha value is -2.76. The lowest BCUT2D eigenvalue weighted by molar-refractivity contribution is -0.111. The van der Waals surface area contributed by atoms with Gasteiger partial charge in [0.15, 0.2) is 18.1 Å². The maximum Gasteiger partial charge on any atom is 0.289 e. The molecule has 0 aromatic heterocycles. The number of thioether (sulfide) groups is 1. The van der Waals surface area contributed by atoms with E-state index in [-0.39, 0.29) is 34.0 Å². The highest BCUT2D eigenvalue weighted by atomic mass is 35.5. The van der Waals surface area contributed by atoms with Crippen molar-refractivity contribution in [3.8, 4) is 17.6 Å². The van der Waals surface area contributed by atoms with Gasteiger partial charge in [-0.2, -0.15) is 14.0 Å². The zero-order valence-electron chi connectivity index (χ0n) is 14.6. The van der Waals surface area contributed by atoms with Crippen molar-refractivity contribution in [3.63, 3.8) is 0 Å². The number of alkyl halides is 2. The number of benzene rings is 2. The maximum absolute atomic E-state index is 12.7. The Morgan fingerprint density at radius 2 is 2.14 bits per heavy atom. The van der Waals surface area contributed by atoms with Crippen LogP contribution < -0.4 is 14.8 Å². The minimum absolute atomic E-state index is 0.0987. The van der Waals surface area contributed by atoms with Crippen molar-refractivity contribution in [2.45, 2.75) is 10.7 Å². The molecule has 146 valence electrons. The lowest BCUT2D eigenvalue weighted by Crippen LogP contribution is -2.09. The summed E-state index contributed by atoms with van der Waals surface area (Å²) in [6.07, 6.45) is 2.78. The second-order valence-corrected chi connectivity index (χ2v) is 6.58. The van der Waals surface area contributed by atoms with Gasteiger partial charge in [-0.1, -0.05) is 35.5 Å². The second-order valence-electron chi connectivity index (χ2n) is 5.17. The van der Waals surface area contributed by atoms with Crippen molar-refractivity contribution in [1.82, 2.24) is 0 Å². The highest BCUT2D eigenvalue weighted by Crippen LogP contribution is 2.37. The number of nitrogens with one attached hydrogen (secondary N) is 1. The molecule has 0 radical (unpaired) electrons. The van der Waals surface area contributed by atoms with Crippen molar-refractivity contribution in [3.05, 3.63) is 53.1 Å². The molecule has 28 heavy (non-hydrogen) atoms. The number of halogens is 3. The Balaban J connectivity index is 2.12. The fraction of sp³-hybridized carbons (Fsp3) is 0.158. The van der Waals surface area contributed by atoms with Gasteiger partial charge in [0.25, 0.3) is 5.76 Å². The summed E-state index contributed by atoms with van der Waals surface area (Å²) in [5.41, 5.74) is 0.842. The molecule has 2 rings (SSSR count). The average molecular weight is 425 g/mol. The summed E-state index contributed by atoms with van der Waals surface area (Å²) in [5, 5.41) is 11.2. The first kappa shape index (κ1) is 21.5. The summed E-state index contributed by atoms with van der Waals surface area (Å²) in [5.74, 6) is -2.37. The van der Waals surface area contributed by atoms with Crippen LogP contribution in [0.15, 0.2) is 47.4 Å². The SMILES string of the molecule is COc1cc(/C=C/C(=O)Nc2cccc(Cl)c2SC(F)F)ccc1OCC#N. The first-order chi connectivity index (χ1) is 13.4. The molecule has 2 aromatic rings. The van der Waals surface area contributed by atoms with Crippen LogP contribution in [0.1, 0.15) is 5.56 Å². The predicted molar refractivity (Wildman–Crippen MR) is 105 cm³/mol. The van der Waals surface area contributed by atoms with Crippen LogP contribution in [-0.4, -0.2) is 25.4 Å². The summed E-state index contributed by atoms with van der Waals surface area (Å²) in [4.78, 5) is 12.3. The number of hydrogen-bond donors (Lipinski definition) is 1. The summed E-state index contributed by atoms with van der Waals surface area (Å²) in [6.45, 7) is -0.119. The van der Waals surface area contributed by atoms with E-state index < -0.39 is 11.7 Å². The summed E-state index contributed by atoms with van der Waals surface area (Å²) >= 11 is 6.21. The topological polar surface area (TPSA) is 71.3 Å². The third-order valence-corrected chi connectivity index (χ3v) is 4.62. The Bertz CT molecular complexity index is 917. The largest absolute Gasteiger partial charge is 0.493 e. The normalized spacial score (nSPS) is 10.7. The number of ether oxygens (including phenoxy) is 2. The van der Waals surface area contributed by atoms with Crippen LogP contribution in [0.4, 0.5) is 14.5 Å². The summed E-state index contributed by atoms with van der Waals surface area (Å²) in [7, 11) is 1.45. The molecule has 0 aliphatic carbocycles. The van der Waals surface area contributed by atoms with E-state index in [4.69, 9.17) is 26.3 Å². The van der Waals surface area contributed by atoms with E-state index in [0.29, 0.717) is 17.1 Å². The van der Waals surface area contributed by atoms with Crippen LogP contribution in [-0.2, 0) is 4.79 Å². The molecule has 0 saturated heterocycles. The number of methoxy groups -OCH3 is 1. The van der Waals surface area contributed by atoms with E-state index in [0.717, 1.165) is 0 Å². The van der Waals surface area contributed by atoms with Crippen molar-refractivity contribution in [2.75, 3.05) is 19.0 Å². The second kappa shape index (κ2) is 10.5. The van der Waals surface area contributed by atoms with Crippen LogP contribution in [0.25, 0.3) is 6.08 Å². The number of nitrogens with zero attached hydrogens (tertiary/aromatic N) is 1. The number of carbonyl (C=O) groups excluding carboxylic acids is 1. The van der Waals surface area contributed by atoms with Crippen LogP contribution in [0.5, 0.6) is 11.5 Å². The first-order valence-electron chi connectivity index (χ1n) is 7.84. The van der Waals surface area contributed by atoms with Gasteiger partial charge in [-0.3, -0.25) is 4.79 Å². The Kier molecular flexibility index (Phi) is 8.11. The molecule has 9 heteroatoms. The maximum atomic E-state index is 12.7. The van der Waals surface area contributed by atoms with Crippen LogP contribution in [0, 0.1) is 11.3 Å². The van der Waals surface area contributed by atoms with Gasteiger partial charge >= 0.3 is 0 Å². The molecule has 0 unspecified atom stereocenters. The molecule has 2 aromatic carbocycles. The van der Waals surface area contributed by atoms with Crippen molar-refractivity contribution in [1.29, 1.82) is 5.26 Å². The number of anilines is 1. The highest BCUT2D eigenvalue weighted by molar-refractivity contribution is 7.99. The molecule has 0 bridgehead atoms. The molecule has 0 aliphatic heterocycles. The zero-order valence-corrected chi connectivity index (χ0v) is 16.2. The number of amides is 1. The Labute approximate surface area is 169 Å². The third-order valence-electron chi connectivity index (χ3n) is 3.34. The highest BCUT2D eigenvalue weighted by Gasteiger charge is 2.14. The molecule has 5 nitrogen and oxygen atoms in total. The summed E-state index contributed by atoms with van der Waals surface area (Å²) in [6, 6.07) is 11.3. The third kappa shape index (κ3) is 6.15. The fourth-order valence-corrected chi connectivity index (χ4v) is 3.09. The van der Waals surface area contributed by atoms with Gasteiger partial charge in [-0.25, -0.2) is 0 Å². The van der Waals surface area contributed by atoms with E-state index in [1.54, 1.807) is 24.3 Å². The molecule has 1 N–H and O–H groups in total. The number of nitriles is 1. The van der Waals surface area contributed by atoms with Gasteiger partial charge < -0.3 is 14.8 Å². The van der Waals surface area contributed by atoms with Gasteiger partial charge in [0.1, 0.15) is 6.07 Å². The first-order valence-corrected chi connectivity index (χ1v) is 9.10. The van der Waals surface area contributed by atoms with Crippen LogP contribution in [0.3, 0.4) is 0 Å². The van der Waals surface area contributed by atoms with E-state index in [9.17, 15) is 13.6 Å². The standard InChI is InChI=1S/C19H15ClF2N2O3S/c1-26-16-11-12(5-7-15(16)27-10-9-23)6-8-17(25)24-14-4-2-3-13(20)18(14)28-19(21)22/h2-8,11,19H,10H2,1H3,(H,24,25)/b8-6+. The molecule has 0 saturated carbocycles. The van der Waals surface area contributed by atoms with Gasteiger partial charge in [-0.05, 0) is 35.9 Å². The average Bonchev–Trinajstić information content (AvgIpc) is 2.67. The van der Waals surface area contributed by atoms with Gasteiger partial charge in [0.2, 0.25) is 5.91 Å². The van der Waals surface area contributed by atoms with E-state index in [1.807, 2.05) is 6.07 Å². The van der Waals surface area contributed by atoms with Crippen molar-refractivity contribution >= 4 is 41.0 Å². The Morgan fingerprint density at radius 3 is 2.82 bits per heavy atom. The van der Waals surface area contributed by atoms with E-state index >= 15 is 0 Å². The summed E-state index contributed by atoms with van der Waals surface area (Å²) < 4.78 is 35.8. The molecule has 1 amide bonds. The molecular formula is C19H15ClF2N2O3S. The fourth-order valence-electron chi connectivity index (χ4n) is 2.18. The number of rotatable bonds is 8. The minimum Gasteiger partial charge on any atom is -0.493 e. The number of carbonyl (C=O) groups is 1. The smallest absolute Gasteiger partial charge is 0.289 e. The molecule has 0 heterocycles. The van der Waals surface area contributed by atoms with Crippen molar-refractivity contribution < 1.29 is 23.0 Å². The quantitative estimate of drug-likeness (QED) is 0.464. The van der Waals surface area contributed by atoms with E-state index in [2.05, 4.69) is 5.32 Å². The predicted octanol–water partition coefficient (Wildman–Crippen LogP) is 5.22. The lowest BCUT2D eigenvalue weighted by atomic mass is 10.2. The molecule has 0 spiro atoms. The Morgan fingerprint density at radius 1 is 1.36 bits per heavy atom. The van der Waals surface area contributed by atoms with Crippen LogP contribution >= 0.6 is 23.4 Å². The van der Waals surface area contributed by atoms with Crippen LogP contribution in [0.2, 0.25) is 5.02 Å². The molecular weight excluding hydrogens is 410 g/mol. The van der Waals surface area contributed by atoms with Gasteiger partial charge in [-0.15, -0.1) is 0 Å². The van der Waals surface area contributed by atoms with Crippen molar-refractivity contribution in [2.24, 2.45) is 0 Å². The molecule has 0 fully saturated rings. The molecule has 0 aliphatic rings. The lowest BCUT2D eigenvalue weighted by Gasteiger charge is -2.11. The van der Waals surface area contributed by atoms with Gasteiger partial charge in [0, 0.05) is 6.08 Å². The molecule has 0 atom stereocenters. The zero-order chi connectivity index (χ0) is 20.5. The monoisotopic (exact) mass is 424 g/mol. The van der Waals surface area contributed by atoms with E-state index in [1.165, 1.54) is 31.4 Å². The van der Waals surface area contributed by atoms with Gasteiger partial charge in [0.05, 0.1) is 22.7 Å². The minimum atomic E-state index is -2.67. The number of hydrogen-bond acceptors (Lipinski definition) is 5.